The smallest absolute Gasteiger partial charge is 0.408 e. The fourth-order valence-electron chi connectivity index (χ4n) is 8.12. The van der Waals surface area contributed by atoms with E-state index in [1.165, 1.54) is 16.2 Å². The Hall–Kier alpha value is -4.78. The lowest BCUT2D eigenvalue weighted by Gasteiger charge is -2.35. The van der Waals surface area contributed by atoms with Crippen molar-refractivity contribution < 1.29 is 38.1 Å². The molecule has 0 radical (unpaired) electrons. The zero-order valence-corrected chi connectivity index (χ0v) is 35.3. The van der Waals surface area contributed by atoms with Gasteiger partial charge in [0.05, 0.1) is 31.0 Å². The highest BCUT2D eigenvalue weighted by molar-refractivity contribution is 7.59. The van der Waals surface area contributed by atoms with Gasteiger partial charge in [0.2, 0.25) is 19.2 Å². The van der Waals surface area contributed by atoms with Gasteiger partial charge in [0.1, 0.15) is 46.1 Å². The van der Waals surface area contributed by atoms with E-state index in [9.17, 15) is 23.8 Å². The molecule has 0 spiro atoms. The Labute approximate surface area is 343 Å². The first-order chi connectivity index (χ1) is 27.6. The summed E-state index contributed by atoms with van der Waals surface area (Å²) in [7, 11) is -2.52. The third-order valence-electron chi connectivity index (χ3n) is 11.4. The molecule has 13 nitrogen and oxygen atoms in total. The number of pyridine rings is 1. The van der Waals surface area contributed by atoms with Gasteiger partial charge in [-0.3, -0.25) is 14.2 Å². The van der Waals surface area contributed by atoms with E-state index < -0.39 is 60.1 Å². The number of methoxy groups -OCH3 is 1. The Balaban J connectivity index is 1.22. The van der Waals surface area contributed by atoms with Crippen molar-refractivity contribution in [3.8, 4) is 22.8 Å². The van der Waals surface area contributed by atoms with Crippen molar-refractivity contribution in [2.75, 3.05) is 13.7 Å². The number of alkyl carbamates (subject to hydrolysis) is 1. The van der Waals surface area contributed by atoms with Crippen LogP contribution < -0.4 is 20.1 Å². The van der Waals surface area contributed by atoms with Gasteiger partial charge in [0.15, 0.2) is 0 Å². The number of likely N-dealkylation sites (tertiary alicyclic amines) is 1. The second kappa shape index (κ2) is 16.5. The zero-order chi connectivity index (χ0) is 41.4. The number of thiazole rings is 1. The Morgan fingerprint density at radius 1 is 1.10 bits per heavy atom. The van der Waals surface area contributed by atoms with Crippen LogP contribution in [0.2, 0.25) is 0 Å². The Morgan fingerprint density at radius 2 is 1.84 bits per heavy atom. The molecule has 4 aromatic rings. The first-order valence-corrected chi connectivity index (χ1v) is 22.5. The van der Waals surface area contributed by atoms with Gasteiger partial charge >= 0.3 is 6.09 Å². The van der Waals surface area contributed by atoms with Crippen LogP contribution in [0, 0.1) is 18.3 Å². The Kier molecular flexibility index (Phi) is 11.7. The maximum atomic E-state index is 14.8. The van der Waals surface area contributed by atoms with E-state index in [4.69, 9.17) is 19.2 Å². The molecule has 1 unspecified atom stereocenters. The molecule has 3 N–H and O–H groups in total. The third-order valence-corrected chi connectivity index (χ3v) is 15.2. The number of fused-ring (bicyclic) bond motifs is 1. The number of amides is 3. The van der Waals surface area contributed by atoms with Crippen LogP contribution >= 0.6 is 18.7 Å². The molecule has 3 amide bonds. The number of ether oxygens (including phenoxy) is 3. The van der Waals surface area contributed by atoms with Gasteiger partial charge in [-0.2, -0.15) is 0 Å². The van der Waals surface area contributed by atoms with Crippen molar-refractivity contribution in [3.63, 3.8) is 0 Å². The number of benzene rings is 2. The van der Waals surface area contributed by atoms with Crippen LogP contribution in [0.1, 0.15) is 70.0 Å². The highest BCUT2D eigenvalue weighted by atomic mass is 32.1. The van der Waals surface area contributed by atoms with Crippen molar-refractivity contribution >= 4 is 47.5 Å². The lowest BCUT2D eigenvalue weighted by molar-refractivity contribution is -0.142. The van der Waals surface area contributed by atoms with Crippen molar-refractivity contribution in [2.45, 2.75) is 102 Å². The summed E-state index contributed by atoms with van der Waals surface area (Å²) in [6.07, 6.45) is 3.53. The van der Waals surface area contributed by atoms with Crippen molar-refractivity contribution in [1.82, 2.24) is 25.5 Å². The van der Waals surface area contributed by atoms with Crippen LogP contribution in [0.15, 0.2) is 72.6 Å². The summed E-state index contributed by atoms with van der Waals surface area (Å²) in [4.78, 5) is 65.1. The molecule has 1 saturated heterocycles. The van der Waals surface area contributed by atoms with Crippen LogP contribution in [-0.4, -0.2) is 80.9 Å². The molecular weight excluding hydrogens is 778 g/mol. The standard InChI is InChI=1S/C43H52N5O8PS/c1-7-28-22-43(28,57(52,53)24-37-44-26(2)25-58-37)47-39(49)35-20-31(23-48(35)40(50)38(42(3,4)5)46-41(51)56-29-15-11-12-16-29)55-36-21-33(27-13-9-8-10-14-27)45-34-19-30(54-6)17-18-32(34)36/h7-10,13-14,17-19,21,25,28-29,31,35,38H,1,11-12,15-16,20,22-24H2,2-6H3,(H,46,51)(H,47,49)(H,52,53)/t28-,31-,35+,38-,43+/m1/s1. The summed E-state index contributed by atoms with van der Waals surface area (Å²) in [6.45, 7) is 11.2. The van der Waals surface area contributed by atoms with Gasteiger partial charge in [0, 0.05) is 46.5 Å². The molecule has 2 aromatic heterocycles. The number of nitrogens with one attached hydrogen (secondary N) is 2. The van der Waals surface area contributed by atoms with Gasteiger partial charge in [-0.1, -0.05) is 57.2 Å². The van der Waals surface area contributed by atoms with Crippen molar-refractivity contribution in [2.24, 2.45) is 11.3 Å². The van der Waals surface area contributed by atoms with E-state index in [1.807, 2.05) is 87.7 Å². The zero-order valence-electron chi connectivity index (χ0n) is 33.6. The second-order valence-corrected chi connectivity index (χ2v) is 20.2. The van der Waals surface area contributed by atoms with Crippen LogP contribution in [0.25, 0.3) is 22.2 Å². The number of rotatable bonds is 13. The highest BCUT2D eigenvalue weighted by Gasteiger charge is 2.66. The molecule has 2 saturated carbocycles. The van der Waals surface area contributed by atoms with E-state index in [0.29, 0.717) is 33.1 Å². The van der Waals surface area contributed by atoms with Gasteiger partial charge in [0.25, 0.3) is 0 Å². The van der Waals surface area contributed by atoms with Crippen LogP contribution in [0.5, 0.6) is 11.5 Å². The number of hydrogen-bond acceptors (Lipinski definition) is 10. The number of aryl methyl sites for hydroxylation is 1. The lowest BCUT2D eigenvalue weighted by atomic mass is 9.85. The molecule has 58 heavy (non-hydrogen) atoms. The van der Waals surface area contributed by atoms with Gasteiger partial charge in [-0.05, 0) is 56.6 Å². The number of nitrogens with zero attached hydrogens (tertiary/aromatic N) is 3. The number of carbonyl (C=O) groups excluding carboxylic acids is 3. The summed E-state index contributed by atoms with van der Waals surface area (Å²) in [5.74, 6) is -0.428. The fourth-order valence-corrected chi connectivity index (χ4v) is 11.6. The van der Waals surface area contributed by atoms with Crippen LogP contribution in [0.3, 0.4) is 0 Å². The first kappa shape index (κ1) is 41.4. The Bertz CT molecular complexity index is 2240. The van der Waals surface area contributed by atoms with Crippen LogP contribution in [0.4, 0.5) is 4.79 Å². The maximum Gasteiger partial charge on any atom is 0.408 e. The molecule has 0 bridgehead atoms. The first-order valence-electron chi connectivity index (χ1n) is 19.8. The number of aromatic nitrogens is 2. The highest BCUT2D eigenvalue weighted by Crippen LogP contribution is 2.71. The molecule has 3 heterocycles. The minimum absolute atomic E-state index is 0.00341. The van der Waals surface area contributed by atoms with Gasteiger partial charge < -0.3 is 34.6 Å². The third kappa shape index (κ3) is 8.65. The van der Waals surface area contributed by atoms with E-state index in [0.717, 1.165) is 36.9 Å². The quantitative estimate of drug-likeness (QED) is 0.0902. The monoisotopic (exact) mass is 829 g/mol. The molecule has 7 rings (SSSR count). The summed E-state index contributed by atoms with van der Waals surface area (Å²) in [5, 5.41) is 7.33. The molecule has 6 atom stereocenters. The maximum absolute atomic E-state index is 14.8. The molecular formula is C43H52N5O8PS. The SMILES string of the molecule is C=C[C@@H]1C[C@]1(NC(=O)[C@@H]1C[C@@H](Oc2cc(-c3ccccc3)nc3cc(OC)ccc23)CN1C(=O)[C@@H](NC(=O)OC1CCCC1)C(C)(C)C)P(=O)(O)Cc1nc(C)cs1. The normalized spacial score (nSPS) is 23.5. The summed E-state index contributed by atoms with van der Waals surface area (Å²) >= 11 is 1.29. The molecule has 1 aliphatic heterocycles. The summed E-state index contributed by atoms with van der Waals surface area (Å²) in [5.41, 5.74) is 2.12. The largest absolute Gasteiger partial charge is 0.497 e. The summed E-state index contributed by atoms with van der Waals surface area (Å²) < 4.78 is 32.2. The molecule has 2 aliphatic carbocycles. The lowest BCUT2D eigenvalue weighted by Crippen LogP contribution is -2.58. The average molecular weight is 830 g/mol. The second-order valence-electron chi connectivity index (χ2n) is 16.7. The minimum Gasteiger partial charge on any atom is -0.497 e. The molecule has 3 aliphatic rings. The number of carbonyl (C=O) groups is 3. The van der Waals surface area contributed by atoms with E-state index >= 15 is 0 Å². The van der Waals surface area contributed by atoms with Crippen LogP contribution in [-0.2, 0) is 25.1 Å². The van der Waals surface area contributed by atoms with Gasteiger partial charge in [-0.15, -0.1) is 17.9 Å². The number of hydrogen-bond donors (Lipinski definition) is 3. The summed E-state index contributed by atoms with van der Waals surface area (Å²) in [6, 6.07) is 14.8. The molecule has 15 heteroatoms. The van der Waals surface area contributed by atoms with Crippen molar-refractivity contribution in [3.05, 3.63) is 83.3 Å². The molecule has 3 fully saturated rings. The Morgan fingerprint density at radius 3 is 2.48 bits per heavy atom. The fraction of sp³-hybridized carbons (Fsp3) is 0.465. The average Bonchev–Trinajstić information content (AvgIpc) is 3.53. The van der Waals surface area contributed by atoms with Crippen molar-refractivity contribution in [1.29, 1.82) is 0 Å². The van der Waals surface area contributed by atoms with Gasteiger partial charge in [-0.25, -0.2) is 14.8 Å². The minimum atomic E-state index is -4.10. The predicted octanol–water partition coefficient (Wildman–Crippen LogP) is 7.60. The van der Waals surface area contributed by atoms with E-state index in [-0.39, 0.29) is 31.7 Å². The predicted molar refractivity (Wildman–Crippen MR) is 223 cm³/mol. The topological polar surface area (TPSA) is 169 Å². The van der Waals surface area contributed by atoms with E-state index in [1.54, 1.807) is 13.2 Å². The molecule has 2 aromatic carbocycles. The molecule has 308 valence electrons. The van der Waals surface area contributed by atoms with E-state index in [2.05, 4.69) is 22.2 Å².